The Kier molecular flexibility index (Phi) is 10.9. The number of benzene rings is 1. The van der Waals surface area contributed by atoms with E-state index in [4.69, 9.17) is 10.4 Å². The molecule has 0 saturated heterocycles. The summed E-state index contributed by atoms with van der Waals surface area (Å²) >= 11 is 0. The Morgan fingerprint density at radius 3 is 2.31 bits per heavy atom. The van der Waals surface area contributed by atoms with Gasteiger partial charge in [0.15, 0.2) is 0 Å². The molecule has 0 amide bonds. The predicted octanol–water partition coefficient (Wildman–Crippen LogP) is 6.76. The van der Waals surface area contributed by atoms with Gasteiger partial charge in [-0.15, -0.1) is 0 Å². The number of hydrogen-bond acceptors (Lipinski definition) is 6. The van der Waals surface area contributed by atoms with Crippen LogP contribution in [0.25, 0.3) is 0 Å². The first-order chi connectivity index (χ1) is 16.9. The minimum Gasteiger partial charge on any atom is -0.365 e. The number of pyridine rings is 2. The first-order valence-electron chi connectivity index (χ1n) is 12.4. The van der Waals surface area contributed by atoms with E-state index in [9.17, 15) is 0 Å². The van der Waals surface area contributed by atoms with Gasteiger partial charge in [-0.1, -0.05) is 71.5 Å². The Morgan fingerprint density at radius 1 is 1.03 bits per heavy atom. The van der Waals surface area contributed by atoms with Gasteiger partial charge in [0.1, 0.15) is 17.5 Å². The maximum Gasteiger partial charge on any atom is 0.138 e. The maximum atomic E-state index is 8.77. The Hall–Kier alpha value is -3.67. The molecule has 2 heterocycles. The summed E-state index contributed by atoms with van der Waals surface area (Å²) in [6.45, 7) is 16.1. The topological polar surface area (TPSA) is 76.9 Å². The molecule has 0 atom stereocenters. The molecule has 0 aliphatic rings. The van der Waals surface area contributed by atoms with Crippen LogP contribution in [-0.4, -0.2) is 29.3 Å². The molecule has 3 rings (SSSR count). The van der Waals surface area contributed by atoms with E-state index in [1.165, 1.54) is 5.56 Å². The van der Waals surface area contributed by atoms with E-state index < -0.39 is 0 Å². The second-order valence-corrected chi connectivity index (χ2v) is 8.56. The monoisotopic (exact) mass is 472 g/mol. The van der Waals surface area contributed by atoms with Gasteiger partial charge in [-0.25, -0.2) is 9.97 Å². The number of nitrogens with one attached hydrogen (secondary N) is 3. The third kappa shape index (κ3) is 8.25. The average molecular weight is 473 g/mol. The maximum absolute atomic E-state index is 8.77. The van der Waals surface area contributed by atoms with Gasteiger partial charge in [-0.3, -0.25) is 5.41 Å². The predicted molar refractivity (Wildman–Crippen MR) is 151 cm³/mol. The van der Waals surface area contributed by atoms with E-state index in [1.54, 1.807) is 6.20 Å². The van der Waals surface area contributed by atoms with Gasteiger partial charge in [0.05, 0.1) is 11.4 Å². The molecule has 2 aromatic heterocycles. The van der Waals surface area contributed by atoms with Crippen LogP contribution < -0.4 is 15.5 Å². The molecule has 186 valence electrons. The molecule has 6 heteroatoms. The van der Waals surface area contributed by atoms with Crippen LogP contribution in [0.2, 0.25) is 0 Å². The van der Waals surface area contributed by atoms with Gasteiger partial charge >= 0.3 is 0 Å². The van der Waals surface area contributed by atoms with Crippen molar-refractivity contribution < 1.29 is 0 Å². The number of nitrogens with zero attached hydrogens (tertiary/aromatic N) is 3. The van der Waals surface area contributed by atoms with Gasteiger partial charge in [0, 0.05) is 31.9 Å². The van der Waals surface area contributed by atoms with Gasteiger partial charge in [0.2, 0.25) is 0 Å². The standard InChI is InChI=1S/C27H34N6.C2H6/c1-6-21-10-12-22(13-11-21)17-30-27-23(14-15-25(32-27)33(5)18-19(2)3)26(28)20(4)31-24-9-7-8-16-29-24;1-2/h7-16,19,28H,4,6,17-18H2,1-3,5H3,(H,29,31)(H,30,32);1-2H3. The lowest BCUT2D eigenvalue weighted by atomic mass is 10.1. The Morgan fingerprint density at radius 2 is 1.71 bits per heavy atom. The van der Waals surface area contributed by atoms with E-state index >= 15 is 0 Å². The molecule has 3 aromatic rings. The number of hydrogen-bond donors (Lipinski definition) is 3. The van der Waals surface area contributed by atoms with Crippen molar-refractivity contribution in [3.63, 3.8) is 0 Å². The van der Waals surface area contributed by atoms with Gasteiger partial charge in [-0.05, 0) is 47.7 Å². The fourth-order valence-corrected chi connectivity index (χ4v) is 3.53. The second-order valence-electron chi connectivity index (χ2n) is 8.56. The molecule has 0 aliphatic heterocycles. The fourth-order valence-electron chi connectivity index (χ4n) is 3.53. The van der Waals surface area contributed by atoms with Crippen molar-refractivity contribution in [3.8, 4) is 0 Å². The van der Waals surface area contributed by atoms with E-state index in [-0.39, 0.29) is 5.71 Å². The highest BCUT2D eigenvalue weighted by atomic mass is 15.2. The van der Waals surface area contributed by atoms with E-state index in [0.717, 1.165) is 24.3 Å². The summed E-state index contributed by atoms with van der Waals surface area (Å²) in [5, 5.41) is 15.3. The van der Waals surface area contributed by atoms with Gasteiger partial charge in [0.25, 0.3) is 0 Å². The van der Waals surface area contributed by atoms with Crippen molar-refractivity contribution in [2.45, 2.75) is 47.6 Å². The zero-order valence-electron chi connectivity index (χ0n) is 22.0. The molecule has 0 aliphatic carbocycles. The molecular weight excluding hydrogens is 432 g/mol. The molecule has 1 aromatic carbocycles. The van der Waals surface area contributed by atoms with Crippen LogP contribution in [0.3, 0.4) is 0 Å². The van der Waals surface area contributed by atoms with Crippen molar-refractivity contribution in [2.75, 3.05) is 29.1 Å². The van der Waals surface area contributed by atoms with Crippen LogP contribution in [0.4, 0.5) is 17.5 Å². The first-order valence-corrected chi connectivity index (χ1v) is 12.4. The molecule has 0 saturated carbocycles. The smallest absolute Gasteiger partial charge is 0.138 e. The van der Waals surface area contributed by atoms with Crippen LogP contribution in [-0.2, 0) is 13.0 Å². The molecule has 0 unspecified atom stereocenters. The first kappa shape index (κ1) is 27.6. The van der Waals surface area contributed by atoms with Crippen LogP contribution >= 0.6 is 0 Å². The van der Waals surface area contributed by atoms with Crippen molar-refractivity contribution in [2.24, 2.45) is 5.92 Å². The Balaban J connectivity index is 0.00000210. The minimum absolute atomic E-state index is 0.273. The van der Waals surface area contributed by atoms with Crippen molar-refractivity contribution in [1.82, 2.24) is 9.97 Å². The summed E-state index contributed by atoms with van der Waals surface area (Å²) < 4.78 is 0. The zero-order chi connectivity index (χ0) is 25.8. The molecule has 35 heavy (non-hydrogen) atoms. The zero-order valence-corrected chi connectivity index (χ0v) is 22.0. The fraction of sp³-hybridized carbons (Fsp3) is 0.345. The molecule has 0 radical (unpaired) electrons. The van der Waals surface area contributed by atoms with Crippen LogP contribution in [0.5, 0.6) is 0 Å². The van der Waals surface area contributed by atoms with E-state index in [2.05, 4.69) is 72.1 Å². The number of aryl methyl sites for hydroxylation is 1. The Labute approximate surface area is 211 Å². The van der Waals surface area contributed by atoms with Crippen molar-refractivity contribution >= 4 is 23.2 Å². The van der Waals surface area contributed by atoms with Crippen LogP contribution in [0.1, 0.15) is 51.3 Å². The normalized spacial score (nSPS) is 10.3. The number of aromatic nitrogens is 2. The van der Waals surface area contributed by atoms with E-state index in [0.29, 0.717) is 35.4 Å². The van der Waals surface area contributed by atoms with Crippen molar-refractivity contribution in [3.05, 3.63) is 89.8 Å². The quantitative estimate of drug-likeness (QED) is 0.269. The van der Waals surface area contributed by atoms with Crippen LogP contribution in [0.15, 0.2) is 73.1 Å². The highest BCUT2D eigenvalue weighted by molar-refractivity contribution is 6.14. The second kappa shape index (κ2) is 13.9. The highest BCUT2D eigenvalue weighted by Crippen LogP contribution is 2.23. The van der Waals surface area contributed by atoms with Gasteiger partial charge < -0.3 is 15.5 Å². The van der Waals surface area contributed by atoms with E-state index in [1.807, 2.05) is 51.2 Å². The molecule has 0 fully saturated rings. The summed E-state index contributed by atoms with van der Waals surface area (Å²) in [7, 11) is 2.04. The lowest BCUT2D eigenvalue weighted by molar-refractivity contribution is 0.635. The largest absolute Gasteiger partial charge is 0.365 e. The SMILES string of the molecule is C=C(Nc1ccccn1)C(=N)c1ccc(N(C)CC(C)C)nc1NCc1ccc(CC)cc1.CC. The summed E-state index contributed by atoms with van der Waals surface area (Å²) in [5.74, 6) is 2.70. The average Bonchev–Trinajstić information content (AvgIpc) is 2.88. The van der Waals surface area contributed by atoms with Gasteiger partial charge in [-0.2, -0.15) is 0 Å². The molecule has 6 nitrogen and oxygen atoms in total. The number of allylic oxidation sites excluding steroid dienone is 1. The third-order valence-corrected chi connectivity index (χ3v) is 5.32. The lowest BCUT2D eigenvalue weighted by Crippen LogP contribution is -2.24. The van der Waals surface area contributed by atoms with Crippen molar-refractivity contribution in [1.29, 1.82) is 5.41 Å². The molecular formula is C29H40N6. The lowest BCUT2D eigenvalue weighted by Gasteiger charge is -2.22. The number of anilines is 3. The molecule has 3 N–H and O–H groups in total. The molecule has 0 bridgehead atoms. The summed E-state index contributed by atoms with van der Waals surface area (Å²) in [5.41, 5.74) is 3.91. The summed E-state index contributed by atoms with van der Waals surface area (Å²) in [4.78, 5) is 11.3. The molecule has 0 spiro atoms. The number of rotatable bonds is 11. The third-order valence-electron chi connectivity index (χ3n) is 5.32. The summed E-state index contributed by atoms with van der Waals surface area (Å²) in [6.07, 6.45) is 2.73. The van der Waals surface area contributed by atoms with Crippen LogP contribution in [0, 0.1) is 11.3 Å². The summed E-state index contributed by atoms with van der Waals surface area (Å²) in [6, 6.07) is 18.1. The highest BCUT2D eigenvalue weighted by Gasteiger charge is 2.16. The minimum atomic E-state index is 0.273. The Bertz CT molecular complexity index is 1070.